The average molecular weight is 558 g/mol. The first-order valence-electron chi connectivity index (χ1n) is 11.3. The molecule has 0 aliphatic carbocycles. The highest BCUT2D eigenvalue weighted by Crippen LogP contribution is 2.46. The van der Waals surface area contributed by atoms with Crippen molar-refractivity contribution in [2.45, 2.75) is 49.8 Å². The molecule has 6 atom stereocenters. The van der Waals surface area contributed by atoms with E-state index in [9.17, 15) is 34.0 Å². The van der Waals surface area contributed by atoms with Crippen LogP contribution in [0, 0.1) is 0 Å². The number of amides is 3. The Labute approximate surface area is 217 Å². The van der Waals surface area contributed by atoms with Gasteiger partial charge in [-0.2, -0.15) is 19.8 Å². The van der Waals surface area contributed by atoms with E-state index in [1.165, 1.54) is 25.3 Å². The summed E-state index contributed by atoms with van der Waals surface area (Å²) >= 11 is 0. The minimum Gasteiger partial charge on any atom is -0.469 e. The second kappa shape index (κ2) is 12.1. The Bertz CT molecular complexity index is 1140. The summed E-state index contributed by atoms with van der Waals surface area (Å²) in [5.41, 5.74) is -2.03. The zero-order chi connectivity index (χ0) is 28.1. The lowest BCUT2D eigenvalue weighted by molar-refractivity contribution is -0.546. The maximum Gasteiger partial charge on any atom is 0.500 e. The van der Waals surface area contributed by atoms with Gasteiger partial charge in [0, 0.05) is 0 Å². The maximum atomic E-state index is 13.7. The zero-order valence-corrected chi connectivity index (χ0v) is 21.7. The van der Waals surface area contributed by atoms with E-state index in [1.807, 2.05) is 0 Å². The number of ether oxygens (including phenoxy) is 3. The highest BCUT2D eigenvalue weighted by Gasteiger charge is 2.58. The molecule has 3 amide bonds. The summed E-state index contributed by atoms with van der Waals surface area (Å²) in [4.78, 5) is 47.8. The van der Waals surface area contributed by atoms with E-state index < -0.39 is 74.7 Å². The van der Waals surface area contributed by atoms with E-state index in [0.717, 1.165) is 18.8 Å². The first-order valence-corrected chi connectivity index (χ1v) is 12.9. The normalized spacial score (nSPS) is 27.5. The predicted molar refractivity (Wildman–Crippen MR) is 126 cm³/mol. The minimum absolute atomic E-state index is 0.0760. The molecule has 4 N–H and O–H groups in total. The molecule has 2 heterocycles. The molecule has 0 aromatic heterocycles. The number of aliphatic hydroxyl groups is 2. The summed E-state index contributed by atoms with van der Waals surface area (Å²) in [5.74, 6) is -2.26. The number of para-hydroxylation sites is 1. The number of rotatable bonds is 11. The van der Waals surface area contributed by atoms with E-state index in [4.69, 9.17) is 13.8 Å². The van der Waals surface area contributed by atoms with Crippen LogP contribution in [0.5, 0.6) is 5.75 Å². The first-order chi connectivity index (χ1) is 17.9. The number of urea groups is 1. The molecule has 0 bridgehead atoms. The number of nitrogens with one attached hydrogen (secondary N) is 2. The van der Waals surface area contributed by atoms with Gasteiger partial charge in [0.25, 0.3) is 0 Å². The largest absolute Gasteiger partial charge is 0.500 e. The van der Waals surface area contributed by atoms with Crippen molar-refractivity contribution < 1.29 is 61.8 Å². The molecule has 1 saturated heterocycles. The number of hydrogen-bond donors (Lipinski definition) is 4. The number of carbonyl (C=O) groups excluding carboxylic acids is 4. The quantitative estimate of drug-likeness (QED) is 0.153. The summed E-state index contributed by atoms with van der Waals surface area (Å²) in [6, 6.07) is 5.38. The van der Waals surface area contributed by atoms with Crippen molar-refractivity contribution in [3.05, 3.63) is 30.3 Å². The number of carbonyl (C=O) groups is 4. The Balaban J connectivity index is 1.82. The molecule has 1 aromatic rings. The van der Waals surface area contributed by atoms with Gasteiger partial charge in [0.15, 0.2) is 5.60 Å². The van der Waals surface area contributed by atoms with Crippen LogP contribution >= 0.6 is 7.75 Å². The summed E-state index contributed by atoms with van der Waals surface area (Å²) in [5, 5.41) is 26.0. The Kier molecular flexibility index (Phi) is 9.35. The summed E-state index contributed by atoms with van der Waals surface area (Å²) in [7, 11) is -2.34. The molecule has 1 fully saturated rings. The lowest BCUT2D eigenvalue weighted by atomic mass is 9.96. The lowest BCUT2D eigenvalue weighted by Crippen LogP contribution is -2.55. The van der Waals surface area contributed by atoms with Crippen LogP contribution in [-0.2, 0) is 37.7 Å². The topological polar surface area (TPSA) is 199 Å². The first kappa shape index (κ1) is 29.4. The fraction of sp³-hybridized carbons (Fsp3) is 0.500. The van der Waals surface area contributed by atoms with Crippen LogP contribution < -0.4 is 14.9 Å². The Morgan fingerprint density at radius 3 is 2.55 bits per heavy atom. The molecule has 208 valence electrons. The molecular formula is C22H29N3O12P+. The van der Waals surface area contributed by atoms with Crippen molar-refractivity contribution in [2.75, 3.05) is 20.8 Å². The molecule has 0 saturated carbocycles. The second-order valence-corrected chi connectivity index (χ2v) is 10.2. The van der Waals surface area contributed by atoms with Gasteiger partial charge < -0.3 is 28.9 Å². The number of hydrogen-bond acceptors (Lipinski definition) is 12. The van der Waals surface area contributed by atoms with Crippen LogP contribution in [0.1, 0.15) is 19.8 Å². The average Bonchev–Trinajstić information content (AvgIpc) is 3.10. The number of methoxy groups -OCH3 is 2. The second-order valence-electron chi connectivity index (χ2n) is 8.53. The van der Waals surface area contributed by atoms with Gasteiger partial charge in [-0.05, 0) is 19.1 Å². The van der Waals surface area contributed by atoms with Crippen molar-refractivity contribution in [1.29, 1.82) is 0 Å². The lowest BCUT2D eigenvalue weighted by Gasteiger charge is -2.26. The highest BCUT2D eigenvalue weighted by molar-refractivity contribution is 7.52. The van der Waals surface area contributed by atoms with Gasteiger partial charge in [0.05, 0.1) is 33.5 Å². The molecule has 0 spiro atoms. The molecule has 0 radical (unpaired) electrons. The van der Waals surface area contributed by atoms with Crippen molar-refractivity contribution in [2.24, 2.45) is 0 Å². The van der Waals surface area contributed by atoms with Gasteiger partial charge in [0.1, 0.15) is 30.4 Å². The fourth-order valence-electron chi connectivity index (χ4n) is 3.73. The third-order valence-corrected chi connectivity index (χ3v) is 7.31. The van der Waals surface area contributed by atoms with E-state index in [2.05, 4.69) is 19.9 Å². The maximum absolute atomic E-state index is 13.7. The third kappa shape index (κ3) is 6.81. The highest BCUT2D eigenvalue weighted by atomic mass is 31.2. The molecule has 1 aromatic carbocycles. The van der Waals surface area contributed by atoms with Crippen molar-refractivity contribution in [3.8, 4) is 5.75 Å². The van der Waals surface area contributed by atoms with Gasteiger partial charge >= 0.3 is 31.6 Å². The smallest absolute Gasteiger partial charge is 0.469 e. The van der Waals surface area contributed by atoms with Crippen LogP contribution in [-0.4, -0.2) is 95.8 Å². The van der Waals surface area contributed by atoms with E-state index >= 15 is 0 Å². The Morgan fingerprint density at radius 1 is 1.26 bits per heavy atom. The number of imide groups is 1. The summed E-state index contributed by atoms with van der Waals surface area (Å²) in [6.45, 7) is 0.549. The van der Waals surface area contributed by atoms with Crippen LogP contribution in [0.2, 0.25) is 0 Å². The van der Waals surface area contributed by atoms with Gasteiger partial charge in [-0.1, -0.05) is 18.2 Å². The Hall–Kier alpha value is -3.20. The number of aliphatic hydroxyl groups excluding tert-OH is 1. The van der Waals surface area contributed by atoms with Crippen LogP contribution in [0.4, 0.5) is 4.79 Å². The van der Waals surface area contributed by atoms with E-state index in [0.29, 0.717) is 0 Å². The molecule has 3 rings (SSSR count). The zero-order valence-electron chi connectivity index (χ0n) is 20.8. The molecular weight excluding hydrogens is 529 g/mol. The molecule has 2 aliphatic rings. The predicted octanol–water partition coefficient (Wildman–Crippen LogP) is -0.556. The summed E-state index contributed by atoms with van der Waals surface area (Å²) < 4.78 is 40.6. The van der Waals surface area contributed by atoms with Crippen LogP contribution in [0.25, 0.3) is 0 Å². The van der Waals surface area contributed by atoms with Gasteiger partial charge in [-0.3, -0.25) is 14.1 Å². The Morgan fingerprint density at radius 2 is 1.95 bits per heavy atom. The van der Waals surface area contributed by atoms with E-state index in [1.54, 1.807) is 18.2 Å². The fourth-order valence-corrected chi connectivity index (χ4v) is 5.23. The van der Waals surface area contributed by atoms with E-state index in [-0.39, 0.29) is 12.2 Å². The molecule has 0 unspecified atom stereocenters. The monoisotopic (exact) mass is 558 g/mol. The van der Waals surface area contributed by atoms with Gasteiger partial charge in [0.2, 0.25) is 6.23 Å². The number of nitrogens with zero attached hydrogens (tertiary/aromatic N) is 1. The van der Waals surface area contributed by atoms with Crippen LogP contribution in [0.3, 0.4) is 0 Å². The van der Waals surface area contributed by atoms with Crippen LogP contribution in [0.15, 0.2) is 30.3 Å². The number of benzene rings is 1. The minimum atomic E-state index is -4.50. The van der Waals surface area contributed by atoms with Crippen molar-refractivity contribution >= 4 is 37.8 Å². The molecule has 16 heteroatoms. The van der Waals surface area contributed by atoms with Gasteiger partial charge in [-0.15, -0.1) is 0 Å². The number of esters is 2. The summed E-state index contributed by atoms with van der Waals surface area (Å²) in [6.07, 6.45) is -3.97. The van der Waals surface area contributed by atoms with Gasteiger partial charge in [-0.25, -0.2) is 9.36 Å². The standard InChI is InChI=1S/C22H28N3O12P/c1-22(31)18(28)15(36-20(22)25-10-9-16(26)23-21(25)30)12-35-38(32,37-13-7-5-4-6-8-13)24-14(19(29)34-3)11-17(27)33-2/h4-8,10,14-15,18,20,28,31H,9,11-12H2,1-3H3,(H-,23,24,26,30,32)/p+1/t14-,15+,18+,20+,22+,38+/m0/s1. The SMILES string of the molecule is COC(=O)C[C@H](N[P@@](=O)(OC[C@H]1O[C@@H]([N+]2=CCC(=O)NC2=O)[C@](C)(O)[C@@H]1O)Oc1ccccc1)C(=O)OC. The van der Waals surface area contributed by atoms with Crippen molar-refractivity contribution in [1.82, 2.24) is 10.4 Å². The molecule has 38 heavy (non-hydrogen) atoms. The molecule has 2 aliphatic heterocycles. The third-order valence-electron chi connectivity index (χ3n) is 5.74. The molecule has 15 nitrogen and oxygen atoms in total. The van der Waals surface area contributed by atoms with Crippen molar-refractivity contribution in [3.63, 3.8) is 0 Å².